The average molecular weight is 437 g/mol. The van der Waals surface area contributed by atoms with Gasteiger partial charge >= 0.3 is 5.97 Å². The maximum Gasteiger partial charge on any atom is 0.305 e. The Morgan fingerprint density at radius 1 is 1.00 bits per heavy atom. The Morgan fingerprint density at radius 2 is 1.72 bits per heavy atom. The molecule has 0 atom stereocenters. The summed E-state index contributed by atoms with van der Waals surface area (Å²) in [5, 5.41) is 7.46. The zero-order valence-electron chi connectivity index (χ0n) is 18.9. The number of nitrogens with zero attached hydrogens (tertiary/aromatic N) is 2. The van der Waals surface area contributed by atoms with E-state index in [1.165, 1.54) is 14.2 Å². The monoisotopic (exact) mass is 437 g/mol. The number of esters is 1. The first-order chi connectivity index (χ1) is 15.4. The summed E-state index contributed by atoms with van der Waals surface area (Å²) in [5.74, 6) is 0.643. The molecule has 0 aliphatic rings. The number of hydrogen-bond donors (Lipinski definition) is 1. The van der Waals surface area contributed by atoms with Crippen LogP contribution in [0.15, 0.2) is 42.5 Å². The molecule has 2 aromatic carbocycles. The Balaban J connectivity index is 1.77. The average Bonchev–Trinajstić information content (AvgIpc) is 3.10. The summed E-state index contributed by atoms with van der Waals surface area (Å²) >= 11 is 0. The maximum absolute atomic E-state index is 12.7. The van der Waals surface area contributed by atoms with Gasteiger partial charge in [-0.2, -0.15) is 5.10 Å². The van der Waals surface area contributed by atoms with Gasteiger partial charge < -0.3 is 19.5 Å². The van der Waals surface area contributed by atoms with Crippen molar-refractivity contribution in [2.75, 3.05) is 26.6 Å². The number of hydrogen-bond acceptors (Lipinski definition) is 6. The second kappa shape index (κ2) is 10.00. The highest BCUT2D eigenvalue weighted by Gasteiger charge is 2.15. The van der Waals surface area contributed by atoms with Crippen LogP contribution >= 0.6 is 0 Å². The molecule has 0 aliphatic carbocycles. The van der Waals surface area contributed by atoms with Crippen LogP contribution in [0.5, 0.6) is 11.5 Å². The number of methoxy groups -OCH3 is 3. The van der Waals surface area contributed by atoms with E-state index in [2.05, 4.69) is 10.4 Å². The first kappa shape index (κ1) is 22.9. The Kier molecular flexibility index (Phi) is 7.14. The summed E-state index contributed by atoms with van der Waals surface area (Å²) in [4.78, 5) is 24.2. The highest BCUT2D eigenvalue weighted by Crippen LogP contribution is 2.29. The minimum atomic E-state index is -0.257. The van der Waals surface area contributed by atoms with Gasteiger partial charge in [0.15, 0.2) is 0 Å². The fraction of sp³-hybridized carbons (Fsp3) is 0.292. The van der Waals surface area contributed by atoms with E-state index >= 15 is 0 Å². The number of aryl methyl sites for hydroxylation is 1. The molecule has 0 bridgehead atoms. The van der Waals surface area contributed by atoms with Crippen LogP contribution in [-0.4, -0.2) is 43.0 Å². The van der Waals surface area contributed by atoms with Crippen molar-refractivity contribution in [3.05, 3.63) is 65.0 Å². The highest BCUT2D eigenvalue weighted by molar-refractivity contribution is 6.05. The topological polar surface area (TPSA) is 91.7 Å². The van der Waals surface area contributed by atoms with E-state index in [1.807, 2.05) is 30.7 Å². The van der Waals surface area contributed by atoms with Gasteiger partial charge in [0, 0.05) is 23.7 Å². The molecule has 3 aromatic rings. The number of carbonyl (C=O) groups excluding carboxylic acids is 2. The lowest BCUT2D eigenvalue weighted by Gasteiger charge is -2.12. The van der Waals surface area contributed by atoms with Crippen molar-refractivity contribution in [2.24, 2.45) is 0 Å². The van der Waals surface area contributed by atoms with Gasteiger partial charge in [-0.15, -0.1) is 0 Å². The first-order valence-electron chi connectivity index (χ1n) is 10.1. The summed E-state index contributed by atoms with van der Waals surface area (Å²) < 4.78 is 17.1. The third kappa shape index (κ3) is 4.91. The molecule has 0 aliphatic heterocycles. The minimum absolute atomic E-state index is 0.250. The molecule has 1 heterocycles. The Bertz CT molecular complexity index is 1120. The molecule has 1 N–H and O–H groups in total. The predicted octanol–water partition coefficient (Wildman–Crippen LogP) is 3.86. The van der Waals surface area contributed by atoms with E-state index in [1.54, 1.807) is 37.4 Å². The van der Waals surface area contributed by atoms with Crippen LogP contribution in [-0.2, 0) is 16.0 Å². The number of rotatable bonds is 8. The van der Waals surface area contributed by atoms with E-state index < -0.39 is 0 Å². The van der Waals surface area contributed by atoms with Crippen LogP contribution in [0.3, 0.4) is 0 Å². The number of ether oxygens (including phenoxy) is 3. The fourth-order valence-electron chi connectivity index (χ4n) is 3.47. The highest BCUT2D eigenvalue weighted by atomic mass is 16.5. The van der Waals surface area contributed by atoms with Crippen molar-refractivity contribution >= 4 is 17.6 Å². The van der Waals surface area contributed by atoms with Gasteiger partial charge in [0.25, 0.3) is 5.91 Å². The van der Waals surface area contributed by atoms with E-state index in [-0.39, 0.29) is 11.9 Å². The van der Waals surface area contributed by atoms with Gasteiger partial charge in [-0.25, -0.2) is 4.68 Å². The van der Waals surface area contributed by atoms with Crippen molar-refractivity contribution in [3.8, 4) is 17.2 Å². The summed E-state index contributed by atoms with van der Waals surface area (Å²) in [6.07, 6.45) is 0.867. The lowest BCUT2D eigenvalue weighted by Crippen LogP contribution is -2.13. The third-order valence-corrected chi connectivity index (χ3v) is 5.28. The van der Waals surface area contributed by atoms with Gasteiger partial charge in [0.2, 0.25) is 0 Å². The summed E-state index contributed by atoms with van der Waals surface area (Å²) in [7, 11) is 4.49. The molecule has 0 unspecified atom stereocenters. The zero-order chi connectivity index (χ0) is 23.3. The number of benzene rings is 2. The zero-order valence-corrected chi connectivity index (χ0v) is 18.9. The standard InChI is InChI=1S/C24H27N3O5/c1-15-20(11-13-23(28)32-5)16(2)27(26-15)18-8-6-17(7-9-18)24(29)25-21-12-10-19(30-3)14-22(21)31-4/h6-10,12,14H,11,13H2,1-5H3,(H,25,29). The van der Waals surface area contributed by atoms with Gasteiger partial charge in [-0.1, -0.05) is 0 Å². The Labute approximate surface area is 187 Å². The second-order valence-electron chi connectivity index (χ2n) is 7.20. The van der Waals surface area contributed by atoms with Crippen LogP contribution in [0.2, 0.25) is 0 Å². The molecule has 0 radical (unpaired) electrons. The largest absolute Gasteiger partial charge is 0.497 e. The van der Waals surface area contributed by atoms with Gasteiger partial charge in [-0.3, -0.25) is 9.59 Å². The van der Waals surface area contributed by atoms with Crippen LogP contribution in [0.1, 0.15) is 33.7 Å². The van der Waals surface area contributed by atoms with E-state index in [0.717, 1.165) is 22.6 Å². The van der Waals surface area contributed by atoms with Crippen molar-refractivity contribution < 1.29 is 23.8 Å². The van der Waals surface area contributed by atoms with Crippen molar-refractivity contribution in [3.63, 3.8) is 0 Å². The maximum atomic E-state index is 12.7. The molecular formula is C24H27N3O5. The number of aromatic nitrogens is 2. The molecule has 1 aromatic heterocycles. The molecule has 0 fully saturated rings. The molecule has 32 heavy (non-hydrogen) atoms. The molecule has 0 saturated heterocycles. The van der Waals surface area contributed by atoms with Gasteiger partial charge in [0.1, 0.15) is 11.5 Å². The lowest BCUT2D eigenvalue weighted by molar-refractivity contribution is -0.140. The molecule has 0 spiro atoms. The second-order valence-corrected chi connectivity index (χ2v) is 7.20. The van der Waals surface area contributed by atoms with Gasteiger partial charge in [-0.05, 0) is 62.2 Å². The summed E-state index contributed by atoms with van der Waals surface area (Å²) in [6, 6.07) is 12.3. The predicted molar refractivity (Wildman–Crippen MR) is 121 cm³/mol. The van der Waals surface area contributed by atoms with Crippen molar-refractivity contribution in [1.29, 1.82) is 0 Å². The minimum Gasteiger partial charge on any atom is -0.497 e. The Morgan fingerprint density at radius 3 is 2.34 bits per heavy atom. The van der Waals surface area contributed by atoms with Crippen molar-refractivity contribution in [2.45, 2.75) is 26.7 Å². The Hall–Kier alpha value is -3.81. The van der Waals surface area contributed by atoms with Crippen LogP contribution < -0.4 is 14.8 Å². The van der Waals surface area contributed by atoms with Crippen LogP contribution in [0, 0.1) is 13.8 Å². The molecule has 3 rings (SSSR count). The number of carbonyl (C=O) groups is 2. The number of amides is 1. The summed E-state index contributed by atoms with van der Waals surface area (Å²) in [5.41, 5.74) is 4.71. The molecule has 0 saturated carbocycles. The van der Waals surface area contributed by atoms with E-state index in [0.29, 0.717) is 35.6 Å². The number of anilines is 1. The van der Waals surface area contributed by atoms with Crippen LogP contribution in [0.25, 0.3) is 5.69 Å². The van der Waals surface area contributed by atoms with E-state index in [4.69, 9.17) is 14.2 Å². The lowest BCUT2D eigenvalue weighted by atomic mass is 10.1. The summed E-state index contributed by atoms with van der Waals surface area (Å²) in [6.45, 7) is 3.88. The molecule has 8 nitrogen and oxygen atoms in total. The molecule has 8 heteroatoms. The third-order valence-electron chi connectivity index (χ3n) is 5.28. The SMILES string of the molecule is COC(=O)CCc1c(C)nn(-c2ccc(C(=O)Nc3ccc(OC)cc3OC)cc2)c1C. The van der Waals surface area contributed by atoms with Crippen LogP contribution in [0.4, 0.5) is 5.69 Å². The molecular weight excluding hydrogens is 410 g/mol. The van der Waals surface area contributed by atoms with Gasteiger partial charge in [0.05, 0.1) is 38.4 Å². The first-order valence-corrected chi connectivity index (χ1v) is 10.1. The van der Waals surface area contributed by atoms with Crippen molar-refractivity contribution in [1.82, 2.24) is 9.78 Å². The smallest absolute Gasteiger partial charge is 0.305 e. The molecule has 168 valence electrons. The number of nitrogens with one attached hydrogen (secondary N) is 1. The quantitative estimate of drug-likeness (QED) is 0.538. The fourth-order valence-corrected chi connectivity index (χ4v) is 3.47. The van der Waals surface area contributed by atoms with E-state index in [9.17, 15) is 9.59 Å². The normalized spacial score (nSPS) is 10.5. The molecule has 1 amide bonds.